The van der Waals surface area contributed by atoms with Gasteiger partial charge >= 0.3 is 0 Å². The van der Waals surface area contributed by atoms with Crippen molar-refractivity contribution in [1.82, 2.24) is 4.90 Å². The van der Waals surface area contributed by atoms with Crippen LogP contribution in [0, 0.1) is 10.8 Å². The van der Waals surface area contributed by atoms with Crippen molar-refractivity contribution in [3.05, 3.63) is 119 Å². The molecule has 2 aliphatic heterocycles. The van der Waals surface area contributed by atoms with E-state index in [2.05, 4.69) is 97.0 Å². The van der Waals surface area contributed by atoms with Crippen molar-refractivity contribution in [2.45, 2.75) is 109 Å². The molecule has 6 unspecified atom stereocenters. The monoisotopic (exact) mass is 836 g/mol. The normalized spacial score (nSPS) is 23.2. The lowest BCUT2D eigenvalue weighted by molar-refractivity contribution is -0.103. The number of rotatable bonds is 21. The van der Waals surface area contributed by atoms with E-state index in [9.17, 15) is 10.2 Å². The van der Waals surface area contributed by atoms with Gasteiger partial charge in [0.05, 0.1) is 13.2 Å². The molecule has 0 radical (unpaired) electrons. The fourth-order valence-corrected chi connectivity index (χ4v) is 9.15. The summed E-state index contributed by atoms with van der Waals surface area (Å²) >= 11 is 0. The van der Waals surface area contributed by atoms with E-state index in [1.54, 1.807) is 0 Å². The van der Waals surface area contributed by atoms with Crippen LogP contribution in [-0.4, -0.2) is 98.4 Å². The lowest BCUT2D eigenvalue weighted by Crippen LogP contribution is -2.55. The molecule has 0 aromatic heterocycles. The van der Waals surface area contributed by atoms with Crippen LogP contribution in [0.3, 0.4) is 0 Å². The summed E-state index contributed by atoms with van der Waals surface area (Å²) in [4.78, 5) is 2.01. The molecule has 1 saturated carbocycles. The van der Waals surface area contributed by atoms with Gasteiger partial charge in [-0.15, -0.1) is 0 Å². The van der Waals surface area contributed by atoms with Crippen molar-refractivity contribution >= 4 is 0 Å². The molecule has 6 atom stereocenters. The van der Waals surface area contributed by atoms with Crippen LogP contribution in [0.1, 0.15) is 90.0 Å². The van der Waals surface area contributed by atoms with Gasteiger partial charge in [-0.05, 0) is 107 Å². The predicted molar refractivity (Wildman–Crippen MR) is 239 cm³/mol. The first-order chi connectivity index (χ1) is 29.0. The molecule has 330 valence electrons. The van der Waals surface area contributed by atoms with Gasteiger partial charge in [0, 0.05) is 23.4 Å². The van der Waals surface area contributed by atoms with Crippen molar-refractivity contribution in [3.63, 3.8) is 0 Å². The summed E-state index contributed by atoms with van der Waals surface area (Å²) in [5.74, 6) is 3.02. The first-order valence-electron chi connectivity index (χ1n) is 22.0. The van der Waals surface area contributed by atoms with Crippen molar-refractivity contribution in [3.8, 4) is 23.0 Å². The molecule has 1 aliphatic carbocycles. The summed E-state index contributed by atoms with van der Waals surface area (Å²) in [7, 11) is 0. The average Bonchev–Trinajstić information content (AvgIpc) is 4.19. The van der Waals surface area contributed by atoms with E-state index in [-0.39, 0.29) is 59.7 Å². The van der Waals surface area contributed by atoms with Gasteiger partial charge in [0.2, 0.25) is 0 Å². The Kier molecular flexibility index (Phi) is 13.7. The van der Waals surface area contributed by atoms with Crippen LogP contribution in [0.25, 0.3) is 0 Å². The number of aliphatic hydroxyl groups excluding tert-OH is 2. The summed E-state index contributed by atoms with van der Waals surface area (Å²) in [5.41, 5.74) is 10.4. The van der Waals surface area contributed by atoms with E-state index in [0.29, 0.717) is 31.3 Å². The van der Waals surface area contributed by atoms with Crippen molar-refractivity contribution in [1.29, 1.82) is 0 Å². The second-order valence-corrected chi connectivity index (χ2v) is 19.8. The van der Waals surface area contributed by atoms with Gasteiger partial charge in [0.25, 0.3) is 0 Å². The Morgan fingerprint density at radius 2 is 1.00 bits per heavy atom. The van der Waals surface area contributed by atoms with Crippen molar-refractivity contribution < 1.29 is 38.6 Å². The lowest BCUT2D eigenvalue weighted by atomic mass is 9.62. The van der Waals surface area contributed by atoms with Gasteiger partial charge in [0.15, 0.2) is 0 Å². The zero-order valence-corrected chi connectivity index (χ0v) is 37.3. The second kappa shape index (κ2) is 18.7. The zero-order chi connectivity index (χ0) is 43.4. The maximum absolute atomic E-state index is 11.9. The fourth-order valence-electron chi connectivity index (χ4n) is 9.15. The summed E-state index contributed by atoms with van der Waals surface area (Å²) in [6.07, 6.45) is 1.29. The number of benzene rings is 4. The highest BCUT2D eigenvalue weighted by Gasteiger charge is 2.44. The second-order valence-electron chi connectivity index (χ2n) is 19.8. The molecule has 2 saturated heterocycles. The quantitative estimate of drug-likeness (QED) is 0.0563. The maximum atomic E-state index is 11.9. The molecule has 3 aliphatic rings. The Labute approximate surface area is 363 Å². The van der Waals surface area contributed by atoms with E-state index >= 15 is 0 Å². The Morgan fingerprint density at radius 3 is 1.38 bits per heavy atom. The number of aliphatic hydroxyl groups is 2. The highest BCUT2D eigenvalue weighted by molar-refractivity contribution is 5.43. The Hall–Kier alpha value is -4.16. The first kappa shape index (κ1) is 44.9. The lowest BCUT2D eigenvalue weighted by Gasteiger charge is -2.50. The van der Waals surface area contributed by atoms with E-state index in [4.69, 9.17) is 34.2 Å². The molecule has 0 bridgehead atoms. The van der Waals surface area contributed by atoms with Crippen LogP contribution in [0.5, 0.6) is 23.0 Å². The molecule has 3 fully saturated rings. The van der Waals surface area contributed by atoms with E-state index in [0.717, 1.165) is 55.1 Å². The highest BCUT2D eigenvalue weighted by atomic mass is 16.6. The van der Waals surface area contributed by atoms with Gasteiger partial charge in [-0.3, -0.25) is 4.90 Å². The van der Waals surface area contributed by atoms with Gasteiger partial charge in [0.1, 0.15) is 74.0 Å². The van der Waals surface area contributed by atoms with Gasteiger partial charge < -0.3 is 44.4 Å². The molecule has 4 aromatic rings. The Morgan fingerprint density at radius 1 is 0.623 bits per heavy atom. The molecule has 4 aromatic carbocycles. The SMILES string of the molecule is CC1(C)CC(N(CC(O)COc2ccc(C(C)(C)c3ccc(OCC4CO4)cc3)cc2)C(O)COc2ccc(C(C)(C)c3ccc(OCC4CO4)cc3)cc2)CC(C)(CN)C1. The van der Waals surface area contributed by atoms with Crippen LogP contribution in [0.4, 0.5) is 0 Å². The summed E-state index contributed by atoms with van der Waals surface area (Å²) in [6, 6.07) is 32.6. The molecule has 10 nitrogen and oxygen atoms in total. The molecular formula is C51H68N2O8. The fraction of sp³-hybridized carbons (Fsp3) is 0.529. The number of epoxide rings is 2. The first-order valence-corrected chi connectivity index (χ1v) is 22.0. The smallest absolute Gasteiger partial charge is 0.142 e. The third-order valence-electron chi connectivity index (χ3n) is 13.0. The summed E-state index contributed by atoms with van der Waals surface area (Å²) < 4.78 is 34.6. The van der Waals surface area contributed by atoms with E-state index in [1.807, 2.05) is 53.4 Å². The highest BCUT2D eigenvalue weighted by Crippen LogP contribution is 2.47. The molecular weight excluding hydrogens is 769 g/mol. The van der Waals surface area contributed by atoms with Crippen LogP contribution < -0.4 is 24.7 Å². The number of nitrogens with two attached hydrogens (primary N) is 1. The van der Waals surface area contributed by atoms with Crippen molar-refractivity contribution in [2.75, 3.05) is 52.7 Å². The van der Waals surface area contributed by atoms with Crippen LogP contribution >= 0.6 is 0 Å². The maximum Gasteiger partial charge on any atom is 0.142 e. The number of hydrogen-bond acceptors (Lipinski definition) is 10. The van der Waals surface area contributed by atoms with Crippen LogP contribution in [0.2, 0.25) is 0 Å². The van der Waals surface area contributed by atoms with Gasteiger partial charge in [-0.1, -0.05) is 97.0 Å². The number of hydrogen-bond donors (Lipinski definition) is 3. The average molecular weight is 837 g/mol. The van der Waals surface area contributed by atoms with Gasteiger partial charge in [-0.25, -0.2) is 0 Å². The molecule has 7 rings (SSSR count). The summed E-state index contributed by atoms with van der Waals surface area (Å²) in [6.45, 7) is 19.2. The molecule has 10 heteroatoms. The molecule has 61 heavy (non-hydrogen) atoms. The molecule has 2 heterocycles. The number of ether oxygens (including phenoxy) is 6. The summed E-state index contributed by atoms with van der Waals surface area (Å²) in [5, 5.41) is 23.3. The molecule has 0 spiro atoms. The van der Waals surface area contributed by atoms with E-state index < -0.39 is 12.3 Å². The standard InChI is InChI=1S/C51H68N2O8/c1-48(2)24-39(25-51(7,33-48)34-52)53(47(55)32-61-44-22-14-38(15-23-44)50(5,6)37-12-20-43(21-13-37)58-29-46-31-60-46)26-40(54)27-56-41-16-8-35(9-17-41)49(3,4)36-10-18-42(19-11-36)57-28-45-30-59-45/h8-23,39-40,45-47,54-55H,24-34,52H2,1-7H3. The van der Waals surface area contributed by atoms with E-state index in [1.165, 1.54) is 11.1 Å². The minimum atomic E-state index is -0.965. The predicted octanol–water partition coefficient (Wildman–Crippen LogP) is 7.88. The van der Waals surface area contributed by atoms with Crippen molar-refractivity contribution in [2.24, 2.45) is 16.6 Å². The largest absolute Gasteiger partial charge is 0.491 e. The Balaban J connectivity index is 0.964. The van der Waals surface area contributed by atoms with Crippen LogP contribution in [-0.2, 0) is 20.3 Å². The third-order valence-corrected chi connectivity index (χ3v) is 13.0. The topological polar surface area (TPSA) is 132 Å². The molecule has 0 amide bonds. The van der Waals surface area contributed by atoms with Gasteiger partial charge in [-0.2, -0.15) is 0 Å². The Bertz CT molecular complexity index is 1990. The minimum absolute atomic E-state index is 0.00959. The third kappa shape index (κ3) is 11.9. The minimum Gasteiger partial charge on any atom is -0.491 e. The van der Waals surface area contributed by atoms with Crippen LogP contribution in [0.15, 0.2) is 97.1 Å². The molecule has 4 N–H and O–H groups in total. The number of nitrogens with zero attached hydrogens (tertiary/aromatic N) is 1. The zero-order valence-electron chi connectivity index (χ0n) is 37.3.